The number of nitrogens with two attached hydrogens (primary N) is 1. The van der Waals surface area contributed by atoms with Crippen LogP contribution in [0.5, 0.6) is 0 Å². The van der Waals surface area contributed by atoms with Crippen molar-refractivity contribution in [3.8, 4) is 0 Å². The van der Waals surface area contributed by atoms with Crippen LogP contribution in [0, 0.1) is 0 Å². The smallest absolute Gasteiger partial charge is 0.383 e. The molecule has 19 heavy (non-hydrogen) atoms. The summed E-state index contributed by atoms with van der Waals surface area (Å²) in [7, 11) is 1.45. The van der Waals surface area contributed by atoms with Crippen molar-refractivity contribution < 1.29 is 22.7 Å². The van der Waals surface area contributed by atoms with E-state index < -0.39 is 23.7 Å². The Kier molecular flexibility index (Phi) is 5.31. The Labute approximate surface area is 108 Å². The molecule has 0 saturated carbocycles. The standard InChI is InChI=1S/C12H15F3N2O2/c1-19-7-6-17-11(18)10(16)8-4-2-3-5-9(8)12(13,14)15/h2-5,10H,6-7,16H2,1H3,(H,17,18). The average Bonchev–Trinajstić information content (AvgIpc) is 2.37. The first-order valence-electron chi connectivity index (χ1n) is 5.56. The largest absolute Gasteiger partial charge is 0.416 e. The van der Waals surface area contributed by atoms with E-state index in [1.807, 2.05) is 0 Å². The maximum Gasteiger partial charge on any atom is 0.416 e. The molecule has 0 aliphatic heterocycles. The topological polar surface area (TPSA) is 64.3 Å². The number of hydrogen-bond acceptors (Lipinski definition) is 3. The van der Waals surface area contributed by atoms with Gasteiger partial charge in [0, 0.05) is 13.7 Å². The van der Waals surface area contributed by atoms with Gasteiger partial charge in [0.05, 0.1) is 12.2 Å². The monoisotopic (exact) mass is 276 g/mol. The molecule has 0 saturated heterocycles. The lowest BCUT2D eigenvalue weighted by atomic mass is 10.00. The highest BCUT2D eigenvalue weighted by Crippen LogP contribution is 2.33. The van der Waals surface area contributed by atoms with Crippen LogP contribution in [0.15, 0.2) is 24.3 Å². The van der Waals surface area contributed by atoms with Crippen LogP contribution in [-0.2, 0) is 15.7 Å². The highest BCUT2D eigenvalue weighted by molar-refractivity contribution is 5.83. The van der Waals surface area contributed by atoms with Crippen LogP contribution in [0.4, 0.5) is 13.2 Å². The molecule has 0 heterocycles. The van der Waals surface area contributed by atoms with Gasteiger partial charge in [-0.25, -0.2) is 0 Å². The lowest BCUT2D eigenvalue weighted by Crippen LogP contribution is -2.36. The van der Waals surface area contributed by atoms with Gasteiger partial charge in [-0.05, 0) is 11.6 Å². The Hall–Kier alpha value is -1.60. The van der Waals surface area contributed by atoms with Crippen LogP contribution in [0.25, 0.3) is 0 Å². The molecule has 0 radical (unpaired) electrons. The lowest BCUT2D eigenvalue weighted by molar-refractivity contribution is -0.138. The highest BCUT2D eigenvalue weighted by Gasteiger charge is 2.35. The van der Waals surface area contributed by atoms with Gasteiger partial charge in [-0.2, -0.15) is 13.2 Å². The zero-order valence-electron chi connectivity index (χ0n) is 10.3. The third kappa shape index (κ3) is 4.22. The summed E-state index contributed by atoms with van der Waals surface area (Å²) in [5.74, 6) is -0.672. The van der Waals surface area contributed by atoms with Crippen molar-refractivity contribution in [2.45, 2.75) is 12.2 Å². The highest BCUT2D eigenvalue weighted by atomic mass is 19.4. The quantitative estimate of drug-likeness (QED) is 0.800. The molecular weight excluding hydrogens is 261 g/mol. The number of ether oxygens (including phenoxy) is 1. The second kappa shape index (κ2) is 6.53. The van der Waals surface area contributed by atoms with Gasteiger partial charge in [-0.1, -0.05) is 18.2 Å². The van der Waals surface area contributed by atoms with Crippen molar-refractivity contribution in [3.05, 3.63) is 35.4 Å². The summed E-state index contributed by atoms with van der Waals surface area (Å²) in [6, 6.07) is 3.39. The number of nitrogens with one attached hydrogen (secondary N) is 1. The van der Waals surface area contributed by atoms with Crippen LogP contribution < -0.4 is 11.1 Å². The molecule has 7 heteroatoms. The SMILES string of the molecule is COCCNC(=O)C(N)c1ccccc1C(F)(F)F. The van der Waals surface area contributed by atoms with Crippen LogP contribution in [0.1, 0.15) is 17.2 Å². The molecule has 3 N–H and O–H groups in total. The predicted molar refractivity (Wildman–Crippen MR) is 63.3 cm³/mol. The van der Waals surface area contributed by atoms with Crippen molar-refractivity contribution in [2.24, 2.45) is 5.73 Å². The third-order valence-corrected chi connectivity index (χ3v) is 2.49. The molecule has 0 bridgehead atoms. The van der Waals surface area contributed by atoms with Gasteiger partial charge >= 0.3 is 6.18 Å². The van der Waals surface area contributed by atoms with Gasteiger partial charge < -0.3 is 15.8 Å². The number of hydrogen-bond donors (Lipinski definition) is 2. The van der Waals surface area contributed by atoms with Crippen molar-refractivity contribution in [2.75, 3.05) is 20.3 Å². The normalized spacial score (nSPS) is 13.1. The number of carbonyl (C=O) groups excluding carboxylic acids is 1. The number of carbonyl (C=O) groups is 1. The van der Waals surface area contributed by atoms with E-state index in [2.05, 4.69) is 5.32 Å². The van der Waals surface area contributed by atoms with E-state index in [9.17, 15) is 18.0 Å². The molecule has 1 amide bonds. The zero-order valence-corrected chi connectivity index (χ0v) is 10.3. The second-order valence-electron chi connectivity index (χ2n) is 3.85. The van der Waals surface area contributed by atoms with Gasteiger partial charge in [-0.3, -0.25) is 4.79 Å². The summed E-state index contributed by atoms with van der Waals surface area (Å²) < 4.78 is 43.0. The Bertz CT molecular complexity index is 435. The molecule has 106 valence electrons. The van der Waals surface area contributed by atoms with E-state index >= 15 is 0 Å². The molecule has 1 aromatic rings. The Morgan fingerprint density at radius 1 is 1.42 bits per heavy atom. The molecule has 0 aromatic heterocycles. The second-order valence-corrected chi connectivity index (χ2v) is 3.85. The number of rotatable bonds is 5. The zero-order chi connectivity index (χ0) is 14.5. The lowest BCUT2D eigenvalue weighted by Gasteiger charge is -2.17. The first kappa shape index (κ1) is 15.5. The number of halogens is 3. The summed E-state index contributed by atoms with van der Waals surface area (Å²) in [6.45, 7) is 0.455. The fraction of sp³-hybridized carbons (Fsp3) is 0.417. The van der Waals surface area contributed by atoms with Crippen LogP contribution >= 0.6 is 0 Å². The van der Waals surface area contributed by atoms with Crippen LogP contribution in [-0.4, -0.2) is 26.2 Å². The number of benzene rings is 1. The predicted octanol–water partition coefficient (Wildman–Crippen LogP) is 1.47. The fourth-order valence-corrected chi connectivity index (χ4v) is 1.55. The summed E-state index contributed by atoms with van der Waals surface area (Å²) in [5.41, 5.74) is 4.42. The van der Waals surface area contributed by atoms with E-state index in [0.717, 1.165) is 6.07 Å². The number of amides is 1. The molecule has 1 atom stereocenters. The summed E-state index contributed by atoms with van der Waals surface area (Å²) in [5, 5.41) is 2.40. The Morgan fingerprint density at radius 2 is 2.05 bits per heavy atom. The summed E-state index contributed by atoms with van der Waals surface area (Å²) in [6.07, 6.45) is -4.54. The van der Waals surface area contributed by atoms with Crippen LogP contribution in [0.2, 0.25) is 0 Å². The van der Waals surface area contributed by atoms with E-state index in [0.29, 0.717) is 0 Å². The fourth-order valence-electron chi connectivity index (χ4n) is 1.55. The van der Waals surface area contributed by atoms with E-state index in [-0.39, 0.29) is 18.7 Å². The molecule has 0 aliphatic rings. The summed E-state index contributed by atoms with van der Waals surface area (Å²) in [4.78, 5) is 11.6. The van der Waals surface area contributed by atoms with Gasteiger partial charge in [0.25, 0.3) is 0 Å². The first-order valence-corrected chi connectivity index (χ1v) is 5.56. The third-order valence-electron chi connectivity index (χ3n) is 2.49. The number of alkyl halides is 3. The molecular formula is C12H15F3N2O2. The molecule has 0 fully saturated rings. The number of methoxy groups -OCH3 is 1. The summed E-state index contributed by atoms with van der Waals surface area (Å²) >= 11 is 0. The van der Waals surface area contributed by atoms with E-state index in [1.54, 1.807) is 0 Å². The first-order chi connectivity index (χ1) is 8.88. The van der Waals surface area contributed by atoms with Crippen molar-refractivity contribution in [1.82, 2.24) is 5.32 Å². The molecule has 1 unspecified atom stereocenters. The molecule has 0 spiro atoms. The minimum Gasteiger partial charge on any atom is -0.383 e. The Balaban J connectivity index is 2.87. The van der Waals surface area contributed by atoms with Gasteiger partial charge in [0.2, 0.25) is 5.91 Å². The molecule has 4 nitrogen and oxygen atoms in total. The maximum absolute atomic E-state index is 12.8. The van der Waals surface area contributed by atoms with Crippen LogP contribution in [0.3, 0.4) is 0 Å². The van der Waals surface area contributed by atoms with Gasteiger partial charge in [-0.15, -0.1) is 0 Å². The van der Waals surface area contributed by atoms with Gasteiger partial charge in [0.1, 0.15) is 6.04 Å². The maximum atomic E-state index is 12.8. The van der Waals surface area contributed by atoms with Gasteiger partial charge in [0.15, 0.2) is 0 Å². The van der Waals surface area contributed by atoms with E-state index in [4.69, 9.17) is 10.5 Å². The minimum atomic E-state index is -4.54. The minimum absolute atomic E-state index is 0.192. The van der Waals surface area contributed by atoms with Crippen molar-refractivity contribution in [1.29, 1.82) is 0 Å². The molecule has 0 aliphatic carbocycles. The average molecular weight is 276 g/mol. The molecule has 1 rings (SSSR count). The van der Waals surface area contributed by atoms with E-state index in [1.165, 1.54) is 25.3 Å². The Morgan fingerprint density at radius 3 is 2.63 bits per heavy atom. The van der Waals surface area contributed by atoms with Crippen molar-refractivity contribution >= 4 is 5.91 Å². The molecule has 1 aromatic carbocycles. The van der Waals surface area contributed by atoms with Crippen molar-refractivity contribution in [3.63, 3.8) is 0 Å².